The molecule has 1 atom stereocenters. The Labute approximate surface area is 180 Å². The third-order valence-electron chi connectivity index (χ3n) is 5.42. The van der Waals surface area contributed by atoms with E-state index in [0.29, 0.717) is 30.2 Å². The van der Waals surface area contributed by atoms with Crippen molar-refractivity contribution in [1.82, 2.24) is 8.87 Å². The number of benzene rings is 1. The van der Waals surface area contributed by atoms with Crippen LogP contribution < -0.4 is 5.32 Å². The normalized spacial score (nSPS) is 18.0. The van der Waals surface area contributed by atoms with Crippen molar-refractivity contribution in [2.45, 2.75) is 23.6 Å². The summed E-state index contributed by atoms with van der Waals surface area (Å²) >= 11 is 1.20. The van der Waals surface area contributed by atoms with E-state index >= 15 is 0 Å². The van der Waals surface area contributed by atoms with Gasteiger partial charge in [-0.25, -0.2) is 8.42 Å². The van der Waals surface area contributed by atoms with Crippen molar-refractivity contribution in [3.63, 3.8) is 0 Å². The second kappa shape index (κ2) is 8.89. The molecule has 9 heteroatoms. The zero-order valence-corrected chi connectivity index (χ0v) is 18.4. The van der Waals surface area contributed by atoms with Gasteiger partial charge in [0.05, 0.1) is 12.5 Å². The van der Waals surface area contributed by atoms with E-state index in [1.54, 1.807) is 24.6 Å². The number of rotatable bonds is 7. The molecule has 4 rings (SSSR count). The minimum Gasteiger partial charge on any atom is -0.383 e. The standard InChI is InChI=1S/C21H25N3O4S2/c1-28-12-11-23-10-8-16-14-18(6-7-19(16)23)22-21(25)17-4-2-9-24(15-17)30(26,27)20-5-3-13-29-20/h3,5-8,10,13-14,17H,2,4,9,11-12,15H2,1H3,(H,22,25). The Balaban J connectivity index is 1.44. The van der Waals surface area contributed by atoms with E-state index in [2.05, 4.69) is 9.88 Å². The lowest BCUT2D eigenvalue weighted by Gasteiger charge is -2.30. The third kappa shape index (κ3) is 4.29. The number of sulfonamides is 1. The molecule has 0 saturated carbocycles. The molecule has 0 aliphatic carbocycles. The first-order chi connectivity index (χ1) is 14.5. The van der Waals surface area contributed by atoms with Crippen molar-refractivity contribution in [1.29, 1.82) is 0 Å². The van der Waals surface area contributed by atoms with Gasteiger partial charge in [0.1, 0.15) is 4.21 Å². The van der Waals surface area contributed by atoms with Crippen molar-refractivity contribution in [2.75, 3.05) is 32.1 Å². The van der Waals surface area contributed by atoms with Gasteiger partial charge < -0.3 is 14.6 Å². The van der Waals surface area contributed by atoms with Crippen LogP contribution in [0, 0.1) is 5.92 Å². The van der Waals surface area contributed by atoms with Gasteiger partial charge >= 0.3 is 0 Å². The highest BCUT2D eigenvalue weighted by molar-refractivity contribution is 7.91. The number of aromatic nitrogens is 1. The molecule has 3 aromatic rings. The average Bonchev–Trinajstić information content (AvgIpc) is 3.43. The van der Waals surface area contributed by atoms with Gasteiger partial charge in [-0.1, -0.05) is 6.07 Å². The van der Waals surface area contributed by atoms with Crippen molar-refractivity contribution in [3.8, 4) is 0 Å². The second-order valence-corrected chi connectivity index (χ2v) is 10.5. The third-order valence-corrected chi connectivity index (χ3v) is 8.66. The number of ether oxygens (including phenoxy) is 1. The van der Waals surface area contributed by atoms with Gasteiger partial charge in [0, 0.05) is 49.5 Å². The molecule has 3 heterocycles. The second-order valence-electron chi connectivity index (χ2n) is 7.40. The van der Waals surface area contributed by atoms with E-state index in [0.717, 1.165) is 23.1 Å². The van der Waals surface area contributed by atoms with Crippen LogP contribution in [-0.2, 0) is 26.1 Å². The molecule has 7 nitrogen and oxygen atoms in total. The SMILES string of the molecule is COCCn1ccc2cc(NC(=O)C3CCCN(S(=O)(=O)c4cccs4)C3)ccc21. The summed E-state index contributed by atoms with van der Waals surface area (Å²) in [6, 6.07) is 11.2. The number of fused-ring (bicyclic) bond motifs is 1. The van der Waals surface area contributed by atoms with Gasteiger partial charge in [0.2, 0.25) is 5.91 Å². The summed E-state index contributed by atoms with van der Waals surface area (Å²) in [5.41, 5.74) is 1.80. The van der Waals surface area contributed by atoms with Crippen molar-refractivity contribution in [3.05, 3.63) is 48.0 Å². The fourth-order valence-electron chi connectivity index (χ4n) is 3.82. The van der Waals surface area contributed by atoms with E-state index in [4.69, 9.17) is 4.74 Å². The Kier molecular flexibility index (Phi) is 6.24. The maximum atomic E-state index is 12.9. The largest absolute Gasteiger partial charge is 0.383 e. The molecule has 2 aromatic heterocycles. The number of carbonyl (C=O) groups is 1. The van der Waals surface area contributed by atoms with Gasteiger partial charge in [-0.05, 0) is 48.6 Å². The lowest BCUT2D eigenvalue weighted by molar-refractivity contribution is -0.120. The summed E-state index contributed by atoms with van der Waals surface area (Å²) in [7, 11) is -1.85. The number of carbonyl (C=O) groups excluding carboxylic acids is 1. The molecule has 1 saturated heterocycles. The quantitative estimate of drug-likeness (QED) is 0.602. The summed E-state index contributed by atoms with van der Waals surface area (Å²) in [5, 5.41) is 5.76. The van der Waals surface area contributed by atoms with Crippen LogP contribution in [0.5, 0.6) is 0 Å². The molecule has 1 N–H and O–H groups in total. The molecule has 1 aromatic carbocycles. The monoisotopic (exact) mass is 447 g/mol. The Bertz CT molecular complexity index is 1120. The Morgan fingerprint density at radius 1 is 1.30 bits per heavy atom. The number of amides is 1. The van der Waals surface area contributed by atoms with E-state index in [1.807, 2.05) is 30.5 Å². The summed E-state index contributed by atoms with van der Waals surface area (Å²) in [4.78, 5) is 12.9. The van der Waals surface area contributed by atoms with Gasteiger partial charge in [0.15, 0.2) is 0 Å². The van der Waals surface area contributed by atoms with E-state index < -0.39 is 10.0 Å². The number of anilines is 1. The first kappa shape index (κ1) is 21.0. The molecule has 0 bridgehead atoms. The van der Waals surface area contributed by atoms with Gasteiger partial charge in [0.25, 0.3) is 10.0 Å². The Morgan fingerprint density at radius 2 is 2.17 bits per heavy atom. The summed E-state index contributed by atoms with van der Waals surface area (Å²) in [6.07, 6.45) is 3.35. The molecule has 0 radical (unpaired) electrons. The highest BCUT2D eigenvalue weighted by atomic mass is 32.2. The van der Waals surface area contributed by atoms with Gasteiger partial charge in [-0.3, -0.25) is 4.79 Å². The maximum absolute atomic E-state index is 12.9. The summed E-state index contributed by atoms with van der Waals surface area (Å²) < 4.78 is 34.6. The molecule has 1 amide bonds. The Morgan fingerprint density at radius 3 is 2.93 bits per heavy atom. The van der Waals surface area contributed by atoms with Crippen LogP contribution in [0.2, 0.25) is 0 Å². The van der Waals surface area contributed by atoms with E-state index in [9.17, 15) is 13.2 Å². The van der Waals surface area contributed by atoms with Crippen molar-refractivity contribution < 1.29 is 17.9 Å². The van der Waals surface area contributed by atoms with E-state index in [1.165, 1.54) is 15.6 Å². The first-order valence-corrected chi connectivity index (χ1v) is 12.2. The predicted octanol–water partition coefficient (Wildman–Crippen LogP) is 3.39. The number of piperidine rings is 1. The predicted molar refractivity (Wildman–Crippen MR) is 118 cm³/mol. The molecule has 1 aliphatic heterocycles. The average molecular weight is 448 g/mol. The van der Waals surface area contributed by atoms with Crippen LogP contribution in [0.25, 0.3) is 10.9 Å². The van der Waals surface area contributed by atoms with E-state index in [-0.39, 0.29) is 18.4 Å². The lowest BCUT2D eigenvalue weighted by Crippen LogP contribution is -2.43. The van der Waals surface area contributed by atoms with Gasteiger partial charge in [-0.2, -0.15) is 4.31 Å². The first-order valence-electron chi connectivity index (χ1n) is 9.91. The lowest BCUT2D eigenvalue weighted by atomic mass is 9.98. The zero-order valence-electron chi connectivity index (χ0n) is 16.8. The molecule has 30 heavy (non-hydrogen) atoms. The van der Waals surface area contributed by atoms with Crippen molar-refractivity contribution in [2.24, 2.45) is 5.92 Å². The molecule has 0 spiro atoms. The number of nitrogens with zero attached hydrogens (tertiary/aromatic N) is 2. The number of nitrogens with one attached hydrogen (secondary N) is 1. The molecule has 1 fully saturated rings. The molecule has 160 valence electrons. The van der Waals surface area contributed by atoms with Crippen LogP contribution in [0.1, 0.15) is 12.8 Å². The molecule has 1 unspecified atom stereocenters. The van der Waals surface area contributed by atoms with Crippen LogP contribution in [-0.4, -0.2) is 50.0 Å². The topological polar surface area (TPSA) is 80.6 Å². The number of hydrogen-bond acceptors (Lipinski definition) is 5. The number of methoxy groups -OCH3 is 1. The number of thiophene rings is 1. The van der Waals surface area contributed by atoms with Crippen LogP contribution in [0.15, 0.2) is 52.2 Å². The van der Waals surface area contributed by atoms with Crippen LogP contribution >= 0.6 is 11.3 Å². The van der Waals surface area contributed by atoms with Crippen LogP contribution in [0.3, 0.4) is 0 Å². The maximum Gasteiger partial charge on any atom is 0.252 e. The fraction of sp³-hybridized carbons (Fsp3) is 0.381. The van der Waals surface area contributed by atoms with Gasteiger partial charge in [-0.15, -0.1) is 11.3 Å². The molecular formula is C21H25N3O4S2. The smallest absolute Gasteiger partial charge is 0.252 e. The number of hydrogen-bond donors (Lipinski definition) is 1. The highest BCUT2D eigenvalue weighted by Crippen LogP contribution is 2.27. The Hall–Kier alpha value is -2.20. The minimum atomic E-state index is -3.53. The zero-order chi connectivity index (χ0) is 21.1. The van der Waals surface area contributed by atoms with Crippen molar-refractivity contribution >= 4 is 43.9 Å². The summed E-state index contributed by atoms with van der Waals surface area (Å²) in [6.45, 7) is 2.06. The highest BCUT2D eigenvalue weighted by Gasteiger charge is 2.33. The minimum absolute atomic E-state index is 0.140. The molecule has 1 aliphatic rings. The van der Waals surface area contributed by atoms with Crippen LogP contribution in [0.4, 0.5) is 5.69 Å². The molecular weight excluding hydrogens is 422 g/mol. The summed E-state index contributed by atoms with van der Waals surface area (Å²) in [5.74, 6) is -0.505. The fourth-order valence-corrected chi connectivity index (χ4v) is 6.49.